The highest BCUT2D eigenvalue weighted by molar-refractivity contribution is 7.90. The molecule has 7 heteroatoms. The van der Waals surface area contributed by atoms with Crippen molar-refractivity contribution < 1.29 is 18.3 Å². The minimum Gasteiger partial charge on any atom is -0.396 e. The van der Waals surface area contributed by atoms with Gasteiger partial charge in [-0.15, -0.1) is 0 Å². The van der Waals surface area contributed by atoms with E-state index in [2.05, 4.69) is 5.32 Å². The van der Waals surface area contributed by atoms with Gasteiger partial charge in [0.1, 0.15) is 9.84 Å². The number of rotatable bonds is 7. The number of nitrogens with one attached hydrogen (secondary N) is 1. The van der Waals surface area contributed by atoms with E-state index in [1.165, 1.54) is 0 Å². The molecule has 1 aliphatic carbocycles. The fourth-order valence-corrected chi connectivity index (χ4v) is 3.31. The van der Waals surface area contributed by atoms with E-state index in [0.717, 1.165) is 31.9 Å². The fraction of sp³-hybridized carbons (Fsp3) is 0.923. The Labute approximate surface area is 121 Å². The van der Waals surface area contributed by atoms with E-state index >= 15 is 0 Å². The maximum absolute atomic E-state index is 11.8. The second-order valence-corrected chi connectivity index (χ2v) is 8.02. The minimum atomic E-state index is -3.09. The summed E-state index contributed by atoms with van der Waals surface area (Å²) >= 11 is 0. The molecule has 0 bridgehead atoms. The number of sulfone groups is 1. The molecule has 20 heavy (non-hydrogen) atoms. The topological polar surface area (TPSA) is 109 Å². The molecule has 3 atom stereocenters. The maximum Gasteiger partial charge on any atom is 0.236 e. The summed E-state index contributed by atoms with van der Waals surface area (Å²) in [5.41, 5.74) is 5.68. The van der Waals surface area contributed by atoms with E-state index in [0.29, 0.717) is 12.5 Å². The zero-order valence-electron chi connectivity index (χ0n) is 12.0. The number of carbonyl (C=O) groups is 1. The Bertz CT molecular complexity index is 411. The highest BCUT2D eigenvalue weighted by atomic mass is 32.2. The Hall–Kier alpha value is -0.660. The molecule has 1 rings (SSSR count). The van der Waals surface area contributed by atoms with Gasteiger partial charge >= 0.3 is 0 Å². The molecule has 118 valence electrons. The Morgan fingerprint density at radius 3 is 2.50 bits per heavy atom. The predicted molar refractivity (Wildman–Crippen MR) is 77.8 cm³/mol. The largest absolute Gasteiger partial charge is 0.396 e. The standard InChI is InChI=1S/C13H26N2O4S/c1-20(18,19)7-6-12(14)13(17)15-8-10-4-2-3-5-11(10)9-16/h10-12,16H,2-9,14H2,1H3,(H,15,17). The fourth-order valence-electron chi connectivity index (χ4n) is 2.63. The van der Waals surface area contributed by atoms with E-state index in [1.54, 1.807) is 0 Å². The van der Waals surface area contributed by atoms with Crippen LogP contribution in [0.4, 0.5) is 0 Å². The lowest BCUT2D eigenvalue weighted by Crippen LogP contribution is -2.44. The van der Waals surface area contributed by atoms with Gasteiger partial charge in [0.05, 0.1) is 11.8 Å². The third-order valence-corrected chi connectivity index (χ3v) is 4.95. The monoisotopic (exact) mass is 306 g/mol. The van der Waals surface area contributed by atoms with E-state index < -0.39 is 15.9 Å². The number of aliphatic hydroxyl groups excluding tert-OH is 1. The molecular formula is C13H26N2O4S. The van der Waals surface area contributed by atoms with Crippen LogP contribution in [0.5, 0.6) is 0 Å². The van der Waals surface area contributed by atoms with Crippen molar-refractivity contribution >= 4 is 15.7 Å². The van der Waals surface area contributed by atoms with Crippen LogP contribution in [0.3, 0.4) is 0 Å². The number of nitrogens with two attached hydrogens (primary N) is 1. The van der Waals surface area contributed by atoms with Crippen molar-refractivity contribution in [2.45, 2.75) is 38.1 Å². The number of aliphatic hydroxyl groups is 1. The van der Waals surface area contributed by atoms with Crippen LogP contribution in [-0.2, 0) is 14.6 Å². The average molecular weight is 306 g/mol. The molecule has 0 radical (unpaired) electrons. The number of amides is 1. The average Bonchev–Trinajstić information content (AvgIpc) is 2.41. The Kier molecular flexibility index (Phi) is 6.91. The molecule has 1 aliphatic rings. The Balaban J connectivity index is 2.34. The summed E-state index contributed by atoms with van der Waals surface area (Å²) in [6.45, 7) is 0.664. The van der Waals surface area contributed by atoms with Gasteiger partial charge in [0, 0.05) is 19.4 Å². The molecule has 0 aromatic rings. The van der Waals surface area contributed by atoms with E-state index in [1.807, 2.05) is 0 Å². The first-order valence-corrected chi connectivity index (χ1v) is 9.21. The molecule has 0 aromatic carbocycles. The predicted octanol–water partition coefficient (Wildman–Crippen LogP) is -0.337. The zero-order valence-corrected chi connectivity index (χ0v) is 12.9. The van der Waals surface area contributed by atoms with E-state index in [9.17, 15) is 18.3 Å². The van der Waals surface area contributed by atoms with Gasteiger partial charge in [-0.1, -0.05) is 12.8 Å². The van der Waals surface area contributed by atoms with Crippen LogP contribution in [0, 0.1) is 11.8 Å². The molecule has 3 unspecified atom stereocenters. The first kappa shape index (κ1) is 17.4. The lowest BCUT2D eigenvalue weighted by Gasteiger charge is -2.30. The first-order valence-electron chi connectivity index (χ1n) is 7.15. The smallest absolute Gasteiger partial charge is 0.236 e. The second kappa shape index (κ2) is 7.95. The molecule has 0 saturated heterocycles. The van der Waals surface area contributed by atoms with Gasteiger partial charge in [0.15, 0.2) is 0 Å². The van der Waals surface area contributed by atoms with Crippen LogP contribution in [0.25, 0.3) is 0 Å². The lowest BCUT2D eigenvalue weighted by molar-refractivity contribution is -0.122. The molecule has 4 N–H and O–H groups in total. The van der Waals surface area contributed by atoms with Crippen LogP contribution in [0.15, 0.2) is 0 Å². The summed E-state index contributed by atoms with van der Waals surface area (Å²) in [5.74, 6) is 0.150. The number of hydrogen-bond donors (Lipinski definition) is 3. The summed E-state index contributed by atoms with van der Waals surface area (Å²) < 4.78 is 22.1. The van der Waals surface area contributed by atoms with Crippen LogP contribution >= 0.6 is 0 Å². The maximum atomic E-state index is 11.8. The molecule has 0 spiro atoms. The summed E-state index contributed by atoms with van der Waals surface area (Å²) in [7, 11) is -3.09. The van der Waals surface area contributed by atoms with Gasteiger partial charge in [-0.3, -0.25) is 4.79 Å². The third kappa shape index (κ3) is 6.19. The molecule has 0 aromatic heterocycles. The molecule has 1 amide bonds. The van der Waals surface area contributed by atoms with E-state index in [4.69, 9.17) is 5.73 Å². The van der Waals surface area contributed by atoms with Crippen molar-refractivity contribution in [2.24, 2.45) is 17.6 Å². The number of carbonyl (C=O) groups excluding carboxylic acids is 1. The first-order chi connectivity index (χ1) is 9.33. The molecule has 6 nitrogen and oxygen atoms in total. The molecular weight excluding hydrogens is 280 g/mol. The SMILES string of the molecule is CS(=O)(=O)CCC(N)C(=O)NCC1CCCCC1CO. The van der Waals surface area contributed by atoms with Crippen molar-refractivity contribution in [3.8, 4) is 0 Å². The van der Waals surface area contributed by atoms with Crippen LogP contribution in [0.1, 0.15) is 32.1 Å². The normalized spacial score (nSPS) is 25.1. The van der Waals surface area contributed by atoms with Gasteiger partial charge in [-0.25, -0.2) is 8.42 Å². The zero-order chi connectivity index (χ0) is 15.2. The number of hydrogen-bond acceptors (Lipinski definition) is 5. The van der Waals surface area contributed by atoms with Gasteiger partial charge in [0.25, 0.3) is 0 Å². The van der Waals surface area contributed by atoms with Gasteiger partial charge in [-0.2, -0.15) is 0 Å². The van der Waals surface area contributed by atoms with Gasteiger partial charge in [0.2, 0.25) is 5.91 Å². The van der Waals surface area contributed by atoms with E-state index in [-0.39, 0.29) is 30.6 Å². The summed E-state index contributed by atoms with van der Waals surface area (Å²) in [6, 6.07) is -0.791. The Morgan fingerprint density at radius 2 is 1.95 bits per heavy atom. The van der Waals surface area contributed by atoms with Crippen molar-refractivity contribution in [1.29, 1.82) is 0 Å². The van der Waals surface area contributed by atoms with Crippen molar-refractivity contribution in [3.63, 3.8) is 0 Å². The van der Waals surface area contributed by atoms with Crippen LogP contribution < -0.4 is 11.1 Å². The van der Waals surface area contributed by atoms with Gasteiger partial charge < -0.3 is 16.2 Å². The van der Waals surface area contributed by atoms with Crippen LogP contribution in [0.2, 0.25) is 0 Å². The van der Waals surface area contributed by atoms with Crippen molar-refractivity contribution in [1.82, 2.24) is 5.32 Å². The quantitative estimate of drug-likeness (QED) is 0.596. The highest BCUT2D eigenvalue weighted by Gasteiger charge is 2.25. The summed E-state index contributed by atoms with van der Waals surface area (Å²) in [4.78, 5) is 11.8. The highest BCUT2D eigenvalue weighted by Crippen LogP contribution is 2.29. The summed E-state index contributed by atoms with van der Waals surface area (Å²) in [5, 5.41) is 12.1. The minimum absolute atomic E-state index is 0.0791. The molecule has 0 aliphatic heterocycles. The molecule has 0 heterocycles. The second-order valence-electron chi connectivity index (χ2n) is 5.76. The molecule has 1 saturated carbocycles. The Morgan fingerprint density at radius 1 is 1.35 bits per heavy atom. The summed E-state index contributed by atoms with van der Waals surface area (Å²) in [6.07, 6.45) is 5.52. The molecule has 1 fully saturated rings. The van der Waals surface area contributed by atoms with Crippen LogP contribution in [-0.4, -0.2) is 50.6 Å². The lowest BCUT2D eigenvalue weighted by atomic mass is 9.79. The van der Waals surface area contributed by atoms with Crippen molar-refractivity contribution in [3.05, 3.63) is 0 Å². The third-order valence-electron chi connectivity index (χ3n) is 3.98. The van der Waals surface area contributed by atoms with Crippen molar-refractivity contribution in [2.75, 3.05) is 25.2 Å². The van der Waals surface area contributed by atoms with Gasteiger partial charge in [-0.05, 0) is 31.1 Å².